The number of alkyl carbamates (subject to hydrolysis) is 2. The fourth-order valence-electron chi connectivity index (χ4n) is 4.31. The van der Waals surface area contributed by atoms with Gasteiger partial charge < -0.3 is 49.4 Å². The maximum Gasteiger partial charge on any atom is 0.407 e. The Morgan fingerprint density at radius 2 is 1.14 bits per heavy atom. The van der Waals surface area contributed by atoms with Gasteiger partial charge in [0.05, 0.1) is 13.0 Å². The molecule has 2 aromatic rings. The molecule has 17 heteroatoms. The molecule has 0 aliphatic heterocycles. The number of allylic oxidation sites excluding steroid dienone is 1. The summed E-state index contributed by atoms with van der Waals surface area (Å²) in [6.07, 6.45) is 1.05. The highest BCUT2D eigenvalue weighted by molar-refractivity contribution is 7.99. The highest BCUT2D eigenvalue weighted by Gasteiger charge is 2.10. The lowest BCUT2D eigenvalue weighted by Crippen LogP contribution is -2.29. The number of rotatable bonds is 22. The third-order valence-electron chi connectivity index (χ3n) is 7.13. The van der Waals surface area contributed by atoms with E-state index in [1.165, 1.54) is 24.9 Å². The monoisotopic (exact) mass is 820 g/mol. The Kier molecular flexibility index (Phi) is 24.4. The summed E-state index contributed by atoms with van der Waals surface area (Å²) in [6.45, 7) is 16.3. The first-order valence-electron chi connectivity index (χ1n) is 18.1. The predicted octanol–water partition coefficient (Wildman–Crippen LogP) is 5.96. The van der Waals surface area contributed by atoms with Gasteiger partial charge in [-0.3, -0.25) is 9.59 Å². The summed E-state index contributed by atoms with van der Waals surface area (Å²) >= 11 is 1.51. The normalized spacial score (nSPS) is 10.2. The lowest BCUT2D eigenvalue weighted by molar-refractivity contribution is -0.247. The average Bonchev–Trinajstić information content (AvgIpc) is 3.15. The Bertz CT molecular complexity index is 1630. The van der Waals surface area contributed by atoms with Crippen molar-refractivity contribution in [1.82, 2.24) is 10.6 Å². The van der Waals surface area contributed by atoms with Gasteiger partial charge in [-0.15, -0.1) is 11.8 Å². The number of amides is 2. The lowest BCUT2D eigenvalue weighted by Gasteiger charge is -2.09. The zero-order chi connectivity index (χ0) is 42.8. The number of thioether (sulfide) groups is 1. The summed E-state index contributed by atoms with van der Waals surface area (Å²) in [6, 6.07) is 7.42. The molecular weight excluding hydrogens is 765 g/mol. The minimum absolute atomic E-state index is 0.00543. The van der Waals surface area contributed by atoms with Crippen LogP contribution in [-0.4, -0.2) is 98.8 Å². The Balaban J connectivity index is 0.000000570. The van der Waals surface area contributed by atoms with E-state index in [0.29, 0.717) is 17.9 Å². The van der Waals surface area contributed by atoms with Gasteiger partial charge in [0.25, 0.3) is 0 Å². The van der Waals surface area contributed by atoms with E-state index in [4.69, 9.17) is 33.5 Å². The van der Waals surface area contributed by atoms with Crippen molar-refractivity contribution in [2.45, 2.75) is 72.6 Å². The number of phenols is 2. The summed E-state index contributed by atoms with van der Waals surface area (Å²) in [7, 11) is 0. The van der Waals surface area contributed by atoms with Crippen LogP contribution in [0.4, 0.5) is 9.59 Å². The molecule has 0 aromatic heterocycles. The third-order valence-corrected chi connectivity index (χ3v) is 8.10. The fraction of sp³-hybridized carbons (Fsp3) is 0.475. The van der Waals surface area contributed by atoms with E-state index < -0.39 is 24.1 Å². The van der Waals surface area contributed by atoms with E-state index in [1.54, 1.807) is 13.8 Å². The molecule has 0 fully saturated rings. The number of carbonyl (C=O) groups is 5. The minimum Gasteiger partial charge on any atom is -0.507 e. The van der Waals surface area contributed by atoms with Gasteiger partial charge >= 0.3 is 30.1 Å². The van der Waals surface area contributed by atoms with Crippen molar-refractivity contribution in [1.29, 1.82) is 0 Å². The topological polar surface area (TPSA) is 214 Å². The molecule has 4 N–H and O–H groups in total. The van der Waals surface area contributed by atoms with Crippen LogP contribution in [0.1, 0.15) is 61.4 Å². The number of nitrogens with one attached hydrogen (secondary N) is 2. The molecule has 0 spiro atoms. The molecule has 0 unspecified atom stereocenters. The number of hydrogen-bond donors (Lipinski definition) is 4. The average molecular weight is 821 g/mol. The minimum atomic E-state index is -0.697. The fourth-order valence-corrected chi connectivity index (χ4v) is 5.33. The van der Waals surface area contributed by atoms with E-state index in [2.05, 4.69) is 17.2 Å². The highest BCUT2D eigenvalue weighted by Crippen LogP contribution is 2.29. The van der Waals surface area contributed by atoms with Gasteiger partial charge in [0.2, 0.25) is 0 Å². The largest absolute Gasteiger partial charge is 0.507 e. The number of hydrogen-bond acceptors (Lipinski definition) is 15. The highest BCUT2D eigenvalue weighted by atomic mass is 32.2. The van der Waals surface area contributed by atoms with E-state index in [9.17, 15) is 34.2 Å². The van der Waals surface area contributed by atoms with Crippen molar-refractivity contribution in [3.63, 3.8) is 0 Å². The Labute approximate surface area is 338 Å². The van der Waals surface area contributed by atoms with Crippen molar-refractivity contribution in [3.05, 3.63) is 76.1 Å². The van der Waals surface area contributed by atoms with E-state index in [-0.39, 0.29) is 82.9 Å². The molecule has 0 heterocycles. The molecule has 0 aliphatic rings. The van der Waals surface area contributed by atoms with Crippen LogP contribution in [0.3, 0.4) is 0 Å². The summed E-state index contributed by atoms with van der Waals surface area (Å²) < 4.78 is 24.6. The van der Waals surface area contributed by atoms with Crippen molar-refractivity contribution in [3.8, 4) is 11.5 Å². The van der Waals surface area contributed by atoms with Crippen LogP contribution >= 0.6 is 11.8 Å². The quantitative estimate of drug-likeness (QED) is 0.0158. The molecule has 57 heavy (non-hydrogen) atoms. The van der Waals surface area contributed by atoms with E-state index in [0.717, 1.165) is 38.3 Å². The van der Waals surface area contributed by atoms with Gasteiger partial charge in [0.15, 0.2) is 0 Å². The zero-order valence-electron chi connectivity index (χ0n) is 33.8. The zero-order valence-corrected chi connectivity index (χ0v) is 34.6. The molecular formula is C40H56N2O14S. The summed E-state index contributed by atoms with van der Waals surface area (Å²) in [5, 5.41) is 24.4. The number of benzene rings is 2. The maximum absolute atomic E-state index is 11.7. The van der Waals surface area contributed by atoms with Gasteiger partial charge in [0, 0.05) is 29.2 Å². The van der Waals surface area contributed by atoms with Gasteiger partial charge in [0.1, 0.15) is 57.4 Å². The first kappa shape index (κ1) is 49.6. The molecule has 2 aromatic carbocycles. The lowest BCUT2D eigenvalue weighted by atomic mass is 10.0. The second-order valence-corrected chi connectivity index (χ2v) is 13.8. The van der Waals surface area contributed by atoms with Crippen molar-refractivity contribution < 1.29 is 67.6 Å². The van der Waals surface area contributed by atoms with Crippen LogP contribution in [0.5, 0.6) is 11.5 Å². The Hall–Kier alpha value is -5.42. The first-order valence-corrected chi connectivity index (χ1v) is 19.1. The summed E-state index contributed by atoms with van der Waals surface area (Å²) in [5.74, 6) is -0.186. The number of ether oxygens (including phenoxy) is 5. The van der Waals surface area contributed by atoms with E-state index in [1.807, 2.05) is 52.0 Å². The number of esters is 3. The van der Waals surface area contributed by atoms with Gasteiger partial charge in [-0.05, 0) is 100 Å². The first-order chi connectivity index (χ1) is 27.0. The number of aryl methyl sites for hydroxylation is 5. The van der Waals surface area contributed by atoms with E-state index >= 15 is 0 Å². The van der Waals surface area contributed by atoms with Crippen LogP contribution in [0.2, 0.25) is 0 Å². The van der Waals surface area contributed by atoms with Gasteiger partial charge in [-0.2, -0.15) is 4.89 Å². The molecule has 0 radical (unpaired) electrons. The molecule has 316 valence electrons. The summed E-state index contributed by atoms with van der Waals surface area (Å²) in [5.41, 5.74) is 5.30. The van der Waals surface area contributed by atoms with Crippen molar-refractivity contribution in [2.24, 2.45) is 0 Å². The standard InChI is InChI=1S/C20H29NO7S.C20H27NO7/c1-14(2)13-28-27-7-6-21-20(24)26-9-8-25-18(22)5-10-29-17-11-15(3)19(23)16(4)12-17;1-13(2)19(24)27-8-7-21-20(25)28-10-9-26-17(22)6-5-16-11-14(3)18(23)15(4)12-16/h11-13,23H,5-10H2,1-4H3,(H,21,24);11-12,23H,1,5-10H2,2-4H3,(H,21,25). The second kappa shape index (κ2) is 28.0. The molecule has 2 amide bonds. The van der Waals surface area contributed by atoms with Gasteiger partial charge in [-0.1, -0.05) is 18.7 Å². The van der Waals surface area contributed by atoms with Gasteiger partial charge in [-0.25, -0.2) is 14.4 Å². The van der Waals surface area contributed by atoms with Crippen LogP contribution in [0, 0.1) is 27.7 Å². The molecule has 0 aliphatic carbocycles. The molecule has 0 saturated carbocycles. The van der Waals surface area contributed by atoms with Crippen LogP contribution in [0.25, 0.3) is 0 Å². The van der Waals surface area contributed by atoms with Crippen LogP contribution in [-0.2, 0) is 54.3 Å². The number of carbonyl (C=O) groups excluding carboxylic acids is 5. The maximum atomic E-state index is 11.7. The number of aromatic hydroxyl groups is 2. The molecule has 0 saturated heterocycles. The predicted molar refractivity (Wildman–Crippen MR) is 212 cm³/mol. The Morgan fingerprint density at radius 1 is 0.667 bits per heavy atom. The van der Waals surface area contributed by atoms with Crippen LogP contribution < -0.4 is 10.6 Å². The molecule has 0 bridgehead atoms. The third kappa shape index (κ3) is 23.3. The summed E-state index contributed by atoms with van der Waals surface area (Å²) in [4.78, 5) is 68.0. The molecule has 2 rings (SSSR count). The molecule has 16 nitrogen and oxygen atoms in total. The van der Waals surface area contributed by atoms with Crippen molar-refractivity contribution in [2.75, 3.05) is 58.5 Å². The number of phenolic OH excluding ortho intramolecular Hbond substituents is 2. The van der Waals surface area contributed by atoms with Crippen molar-refractivity contribution >= 4 is 41.9 Å². The smallest absolute Gasteiger partial charge is 0.407 e. The van der Waals surface area contributed by atoms with Crippen LogP contribution in [0.15, 0.2) is 53.1 Å². The SMILES string of the molecule is C=C(C)C(=O)OCCNC(=O)OCCOC(=O)CCc1cc(C)c(O)c(C)c1.CC(C)=COOCCNC(=O)OCCOC(=O)CCSc1cc(C)c(O)c(C)c1. The second-order valence-electron chi connectivity index (χ2n) is 12.7. The molecule has 0 atom stereocenters. The Morgan fingerprint density at radius 3 is 1.65 bits per heavy atom.